The highest BCUT2D eigenvalue weighted by Gasteiger charge is 2.34. The second-order valence-corrected chi connectivity index (χ2v) is 11.2. The number of rotatable bonds is 7. The van der Waals surface area contributed by atoms with Crippen LogP contribution in [0.1, 0.15) is 52.0 Å². The Kier molecular flexibility index (Phi) is 6.95. The minimum atomic E-state index is -3.11. The van der Waals surface area contributed by atoms with Crippen LogP contribution in [0.2, 0.25) is 0 Å². The SMILES string of the molecule is COc1ccc(CC(=O)C2CCC(CS(=O)(=O)C(C)(C)C)CC2)cc1OC. The first kappa shape index (κ1) is 21.7. The molecule has 1 aliphatic carbocycles. The number of sulfone groups is 1. The van der Waals surface area contributed by atoms with Crippen molar-refractivity contribution >= 4 is 15.6 Å². The van der Waals surface area contributed by atoms with E-state index in [0.29, 0.717) is 17.9 Å². The van der Waals surface area contributed by atoms with E-state index in [1.54, 1.807) is 35.0 Å². The fourth-order valence-electron chi connectivity index (χ4n) is 3.55. The van der Waals surface area contributed by atoms with Crippen LogP contribution < -0.4 is 9.47 Å². The molecule has 152 valence electrons. The summed E-state index contributed by atoms with van der Waals surface area (Å²) in [4.78, 5) is 12.7. The quantitative estimate of drug-likeness (QED) is 0.700. The van der Waals surface area contributed by atoms with Crippen LogP contribution in [0.4, 0.5) is 0 Å². The summed E-state index contributed by atoms with van der Waals surface area (Å²) in [5.41, 5.74) is 0.912. The Morgan fingerprint density at radius 1 is 1.04 bits per heavy atom. The summed E-state index contributed by atoms with van der Waals surface area (Å²) in [6.45, 7) is 5.25. The molecule has 1 saturated carbocycles. The number of benzene rings is 1. The van der Waals surface area contributed by atoms with Crippen molar-refractivity contribution in [3.05, 3.63) is 23.8 Å². The minimum Gasteiger partial charge on any atom is -0.493 e. The number of hydrogen-bond donors (Lipinski definition) is 0. The molecule has 6 heteroatoms. The third-order valence-corrected chi connectivity index (χ3v) is 8.29. The molecule has 0 aliphatic heterocycles. The predicted octanol–water partition coefficient (Wildman–Crippen LogP) is 3.84. The molecule has 1 aromatic carbocycles. The molecule has 1 aromatic rings. The molecule has 0 N–H and O–H groups in total. The summed E-state index contributed by atoms with van der Waals surface area (Å²) < 4.78 is 34.6. The van der Waals surface area contributed by atoms with Crippen molar-refractivity contribution in [1.29, 1.82) is 0 Å². The van der Waals surface area contributed by atoms with Gasteiger partial charge in [0.1, 0.15) is 5.78 Å². The number of carbonyl (C=O) groups excluding carboxylic acids is 1. The monoisotopic (exact) mass is 396 g/mol. The van der Waals surface area contributed by atoms with Crippen molar-refractivity contribution in [3.8, 4) is 11.5 Å². The van der Waals surface area contributed by atoms with E-state index in [1.807, 2.05) is 18.2 Å². The summed E-state index contributed by atoms with van der Waals surface area (Å²) in [6.07, 6.45) is 3.53. The highest BCUT2D eigenvalue weighted by atomic mass is 32.2. The van der Waals surface area contributed by atoms with Gasteiger partial charge in [0, 0.05) is 12.3 Å². The average Bonchev–Trinajstić information content (AvgIpc) is 2.60. The van der Waals surface area contributed by atoms with Crippen LogP contribution >= 0.6 is 0 Å². The Labute approximate surface area is 163 Å². The molecule has 27 heavy (non-hydrogen) atoms. The van der Waals surface area contributed by atoms with Gasteiger partial charge in [-0.2, -0.15) is 0 Å². The Morgan fingerprint density at radius 3 is 2.15 bits per heavy atom. The molecular weight excluding hydrogens is 364 g/mol. The van der Waals surface area contributed by atoms with Gasteiger partial charge in [0.15, 0.2) is 21.3 Å². The van der Waals surface area contributed by atoms with Gasteiger partial charge in [0.05, 0.1) is 24.7 Å². The number of carbonyl (C=O) groups is 1. The summed E-state index contributed by atoms with van der Waals surface area (Å²) in [7, 11) is 0.0554. The van der Waals surface area contributed by atoms with Gasteiger partial charge in [-0.25, -0.2) is 8.42 Å². The molecule has 0 unspecified atom stereocenters. The maximum atomic E-state index is 12.7. The lowest BCUT2D eigenvalue weighted by Gasteiger charge is -2.30. The largest absolute Gasteiger partial charge is 0.493 e. The van der Waals surface area contributed by atoms with E-state index < -0.39 is 14.6 Å². The van der Waals surface area contributed by atoms with Gasteiger partial charge < -0.3 is 9.47 Å². The first-order valence-electron chi connectivity index (χ1n) is 9.53. The molecule has 0 amide bonds. The normalized spacial score (nSPS) is 20.9. The van der Waals surface area contributed by atoms with Crippen LogP contribution in [0.3, 0.4) is 0 Å². The van der Waals surface area contributed by atoms with Crippen molar-refractivity contribution in [2.45, 2.75) is 57.6 Å². The van der Waals surface area contributed by atoms with E-state index in [2.05, 4.69) is 0 Å². The second-order valence-electron chi connectivity index (χ2n) is 8.44. The molecule has 0 heterocycles. The van der Waals surface area contributed by atoms with Crippen molar-refractivity contribution in [2.24, 2.45) is 11.8 Å². The standard InChI is InChI=1S/C21H32O5S/c1-21(2,3)27(23,24)14-15-6-9-17(10-7-15)18(22)12-16-8-11-19(25-4)20(13-16)26-5/h8,11,13,15,17H,6-7,9-10,12,14H2,1-5H3. The van der Waals surface area contributed by atoms with E-state index in [9.17, 15) is 13.2 Å². The van der Waals surface area contributed by atoms with Crippen molar-refractivity contribution in [1.82, 2.24) is 0 Å². The van der Waals surface area contributed by atoms with Gasteiger partial charge in [-0.05, 0) is 70.1 Å². The Morgan fingerprint density at radius 2 is 1.63 bits per heavy atom. The lowest BCUT2D eigenvalue weighted by atomic mass is 9.79. The number of hydrogen-bond acceptors (Lipinski definition) is 5. The molecule has 1 fully saturated rings. The molecule has 1 aliphatic rings. The van der Waals surface area contributed by atoms with Gasteiger partial charge >= 0.3 is 0 Å². The third kappa shape index (κ3) is 5.47. The topological polar surface area (TPSA) is 69.7 Å². The summed E-state index contributed by atoms with van der Waals surface area (Å²) in [6, 6.07) is 5.55. The molecule has 5 nitrogen and oxygen atoms in total. The molecule has 0 radical (unpaired) electrons. The lowest BCUT2D eigenvalue weighted by Crippen LogP contribution is -2.35. The zero-order valence-corrected chi connectivity index (χ0v) is 17.9. The lowest BCUT2D eigenvalue weighted by molar-refractivity contribution is -0.123. The van der Waals surface area contributed by atoms with E-state index in [-0.39, 0.29) is 23.4 Å². The molecule has 0 spiro atoms. The molecule has 2 rings (SSSR count). The van der Waals surface area contributed by atoms with Crippen LogP contribution in [0.15, 0.2) is 18.2 Å². The van der Waals surface area contributed by atoms with Crippen molar-refractivity contribution in [2.75, 3.05) is 20.0 Å². The van der Waals surface area contributed by atoms with Crippen molar-refractivity contribution < 1.29 is 22.7 Å². The van der Waals surface area contributed by atoms with Gasteiger partial charge in [-0.1, -0.05) is 6.07 Å². The maximum Gasteiger partial charge on any atom is 0.161 e. The van der Waals surface area contributed by atoms with Crippen molar-refractivity contribution in [3.63, 3.8) is 0 Å². The molecular formula is C21H32O5S. The zero-order chi connectivity index (χ0) is 20.2. The maximum absolute atomic E-state index is 12.7. The smallest absolute Gasteiger partial charge is 0.161 e. The van der Waals surface area contributed by atoms with Gasteiger partial charge in [0.25, 0.3) is 0 Å². The first-order valence-corrected chi connectivity index (χ1v) is 11.2. The van der Waals surface area contributed by atoms with E-state index in [4.69, 9.17) is 9.47 Å². The number of methoxy groups -OCH3 is 2. The average molecular weight is 397 g/mol. The second kappa shape index (κ2) is 8.63. The highest BCUT2D eigenvalue weighted by molar-refractivity contribution is 7.92. The molecule has 0 bridgehead atoms. The zero-order valence-electron chi connectivity index (χ0n) is 17.1. The molecule has 0 saturated heterocycles. The minimum absolute atomic E-state index is 0.0201. The highest BCUT2D eigenvalue weighted by Crippen LogP contribution is 2.33. The Hall–Kier alpha value is -1.56. The fourth-order valence-corrected chi connectivity index (χ4v) is 5.00. The van der Waals surface area contributed by atoms with Gasteiger partial charge in [-0.15, -0.1) is 0 Å². The number of ketones is 1. The summed E-state index contributed by atoms with van der Waals surface area (Å²) >= 11 is 0. The van der Waals surface area contributed by atoms with E-state index in [0.717, 1.165) is 31.2 Å². The van der Waals surface area contributed by atoms with Crippen LogP contribution in [-0.4, -0.2) is 38.9 Å². The van der Waals surface area contributed by atoms with Crippen LogP contribution in [0.5, 0.6) is 11.5 Å². The Balaban J connectivity index is 1.92. The van der Waals surface area contributed by atoms with Crippen LogP contribution in [-0.2, 0) is 21.1 Å². The molecule has 0 atom stereocenters. The van der Waals surface area contributed by atoms with Gasteiger partial charge in [-0.3, -0.25) is 4.79 Å². The van der Waals surface area contributed by atoms with Gasteiger partial charge in [0.2, 0.25) is 0 Å². The van der Waals surface area contributed by atoms with Crippen LogP contribution in [0.25, 0.3) is 0 Å². The predicted molar refractivity (Wildman–Crippen MR) is 107 cm³/mol. The van der Waals surface area contributed by atoms with E-state index >= 15 is 0 Å². The molecule has 0 aromatic heterocycles. The first-order chi connectivity index (χ1) is 12.6. The summed E-state index contributed by atoms with van der Waals surface area (Å²) in [5.74, 6) is 1.91. The number of Topliss-reactive ketones (excluding diaryl/α,β-unsaturated/α-hetero) is 1. The summed E-state index contributed by atoms with van der Waals surface area (Å²) in [5, 5.41) is 0. The third-order valence-electron chi connectivity index (χ3n) is 5.52. The Bertz CT molecular complexity index is 753. The number of ether oxygens (including phenoxy) is 2. The van der Waals surface area contributed by atoms with E-state index in [1.165, 1.54) is 0 Å². The fraction of sp³-hybridized carbons (Fsp3) is 0.667. The van der Waals surface area contributed by atoms with Crippen LogP contribution in [0, 0.1) is 11.8 Å².